The summed E-state index contributed by atoms with van der Waals surface area (Å²) in [5.74, 6) is 2.33. The Hall–Kier alpha value is -6.78. The molecule has 0 aliphatic heterocycles. The number of halogens is 4. The molecule has 2 atom stereocenters. The number of aromatic nitrogens is 14. The minimum Gasteiger partial charge on any atom is -0.338 e. The number of benzene rings is 2. The maximum atomic E-state index is 12.8. The first-order chi connectivity index (χ1) is 33.4. The van der Waals surface area contributed by atoms with Crippen molar-refractivity contribution in [3.8, 4) is 22.8 Å². The van der Waals surface area contributed by atoms with E-state index in [9.17, 15) is 9.59 Å². The quantitative estimate of drug-likeness (QED) is 0.0757. The Morgan fingerprint density at radius 1 is 0.681 bits per heavy atom. The Morgan fingerprint density at radius 3 is 1.50 bits per heavy atom. The van der Waals surface area contributed by atoms with Crippen LogP contribution in [0.3, 0.4) is 0 Å². The summed E-state index contributed by atoms with van der Waals surface area (Å²) in [6, 6.07) is 7.57. The van der Waals surface area contributed by atoms with E-state index in [4.69, 9.17) is 49.6 Å². The number of ketones is 1. The molecule has 0 bridgehead atoms. The number of aryl methyl sites for hydroxylation is 2. The molecule has 0 unspecified atom stereocenters. The van der Waals surface area contributed by atoms with Gasteiger partial charge in [-0.15, -0.1) is 12.4 Å². The maximum absolute atomic E-state index is 12.8. The zero-order valence-electron chi connectivity index (χ0n) is 41.6. The molecule has 2 aromatic carbocycles. The molecule has 0 amide bonds. The lowest BCUT2D eigenvalue weighted by atomic mass is 9.90. The SMILES string of the molecule is CC(C)(C)c1nc(C(=O)Cl)no1.Cc1c([C@@H](C)CC(=O)c2noc(C(C)(C)C)n2)ccc(-c2ncnc(Nc3cnn(C)c3)n2)c1Cl.Cc1c([C@@H](C)N)ccc(-c2ncnc(Nc3cnn(C)c3)n2)c1Cl.Cl. The number of Topliss-reactive ketones (excluding diaryl/α,β-unsaturated/α-hetero) is 1. The Labute approximate surface area is 437 Å². The van der Waals surface area contributed by atoms with Gasteiger partial charge < -0.3 is 25.4 Å². The second-order valence-electron chi connectivity index (χ2n) is 18.5. The fourth-order valence-corrected chi connectivity index (χ4v) is 7.29. The highest BCUT2D eigenvalue weighted by Crippen LogP contribution is 2.36. The summed E-state index contributed by atoms with van der Waals surface area (Å²) in [5.41, 5.74) is 12.1. The Kier molecular flexibility index (Phi) is 18.4. The fraction of sp³-hybridized carbons (Fsp3) is 0.362. The zero-order chi connectivity index (χ0) is 51.9. The molecule has 72 heavy (non-hydrogen) atoms. The van der Waals surface area contributed by atoms with Gasteiger partial charge in [0.1, 0.15) is 12.7 Å². The lowest BCUT2D eigenvalue weighted by molar-refractivity contribution is 0.0962. The monoisotopic (exact) mass is 1060 g/mol. The highest BCUT2D eigenvalue weighted by atomic mass is 35.5. The summed E-state index contributed by atoms with van der Waals surface area (Å²) >= 11 is 18.4. The summed E-state index contributed by atoms with van der Waals surface area (Å²) in [6.45, 7) is 19.3. The lowest BCUT2D eigenvalue weighted by Gasteiger charge is -2.16. The van der Waals surface area contributed by atoms with E-state index in [0.717, 1.165) is 39.2 Å². The van der Waals surface area contributed by atoms with Crippen LogP contribution in [-0.4, -0.2) is 80.8 Å². The second-order valence-corrected chi connectivity index (χ2v) is 19.6. The Balaban J connectivity index is 0.000000224. The first-order valence-corrected chi connectivity index (χ1v) is 23.2. The van der Waals surface area contributed by atoms with Crippen molar-refractivity contribution in [2.45, 2.75) is 98.4 Å². The van der Waals surface area contributed by atoms with Crippen molar-refractivity contribution in [3.63, 3.8) is 0 Å². The average Bonchev–Trinajstić information content (AvgIpc) is 4.15. The van der Waals surface area contributed by atoms with Gasteiger partial charge in [0, 0.05) is 60.9 Å². The summed E-state index contributed by atoms with van der Waals surface area (Å²) in [5, 5.41) is 22.1. The van der Waals surface area contributed by atoms with Gasteiger partial charge in [-0.25, -0.2) is 19.9 Å². The van der Waals surface area contributed by atoms with Gasteiger partial charge in [0.05, 0.1) is 33.8 Å². The first kappa shape index (κ1) is 56.1. The molecule has 0 saturated carbocycles. The molecule has 380 valence electrons. The van der Waals surface area contributed by atoms with Crippen LogP contribution in [0.2, 0.25) is 10.0 Å². The van der Waals surface area contributed by atoms with Gasteiger partial charge in [-0.3, -0.25) is 19.0 Å². The highest BCUT2D eigenvalue weighted by molar-refractivity contribution is 6.67. The number of nitrogens with zero attached hydrogens (tertiary/aromatic N) is 14. The van der Waals surface area contributed by atoms with E-state index >= 15 is 0 Å². The van der Waals surface area contributed by atoms with Crippen LogP contribution in [0.4, 0.5) is 23.3 Å². The van der Waals surface area contributed by atoms with Crippen LogP contribution in [0.1, 0.15) is 129 Å². The highest BCUT2D eigenvalue weighted by Gasteiger charge is 2.27. The average molecular weight is 1060 g/mol. The zero-order valence-corrected chi connectivity index (χ0v) is 44.7. The molecule has 4 N–H and O–H groups in total. The van der Waals surface area contributed by atoms with Gasteiger partial charge in [-0.1, -0.05) is 94.1 Å². The van der Waals surface area contributed by atoms with Crippen molar-refractivity contribution in [1.82, 2.24) is 69.7 Å². The van der Waals surface area contributed by atoms with Gasteiger partial charge in [0.2, 0.25) is 35.3 Å². The molecule has 6 aromatic heterocycles. The number of nitrogens with one attached hydrogen (secondary N) is 2. The summed E-state index contributed by atoms with van der Waals surface area (Å²) in [4.78, 5) is 57.2. The number of carbonyl (C=O) groups is 2. The summed E-state index contributed by atoms with van der Waals surface area (Å²) in [6.07, 6.45) is 10.1. The van der Waals surface area contributed by atoms with E-state index in [1.807, 2.05) is 120 Å². The molecule has 0 aliphatic rings. The third-order valence-corrected chi connectivity index (χ3v) is 11.6. The molecule has 0 aliphatic carbocycles. The number of hydrogen-bond acceptors (Lipinski definition) is 19. The molecule has 8 aromatic rings. The van der Waals surface area contributed by atoms with Crippen LogP contribution in [0, 0.1) is 13.8 Å². The van der Waals surface area contributed by atoms with E-state index in [1.165, 1.54) is 12.7 Å². The molecule has 0 spiro atoms. The number of rotatable bonds is 12. The predicted molar refractivity (Wildman–Crippen MR) is 276 cm³/mol. The van der Waals surface area contributed by atoms with E-state index in [2.05, 4.69) is 71.0 Å². The van der Waals surface area contributed by atoms with Gasteiger partial charge in [0.25, 0.3) is 11.1 Å². The van der Waals surface area contributed by atoms with Gasteiger partial charge in [-0.2, -0.15) is 30.1 Å². The first-order valence-electron chi connectivity index (χ1n) is 22.0. The molecular weight excluding hydrogens is 1010 g/mol. The molecule has 25 heteroatoms. The molecule has 6 heterocycles. The van der Waals surface area contributed by atoms with Crippen LogP contribution in [0.25, 0.3) is 22.8 Å². The Bertz CT molecular complexity index is 3150. The molecule has 21 nitrogen and oxygen atoms in total. The van der Waals surface area contributed by atoms with Crippen molar-refractivity contribution in [1.29, 1.82) is 0 Å². The fourth-order valence-electron chi connectivity index (χ4n) is 6.70. The van der Waals surface area contributed by atoms with Crippen molar-refractivity contribution >= 4 is 81.5 Å². The van der Waals surface area contributed by atoms with Crippen LogP contribution in [0.15, 0.2) is 70.8 Å². The normalized spacial score (nSPS) is 12.1. The number of anilines is 4. The van der Waals surface area contributed by atoms with Crippen molar-refractivity contribution in [3.05, 3.63) is 117 Å². The van der Waals surface area contributed by atoms with Crippen molar-refractivity contribution in [2.24, 2.45) is 19.8 Å². The Morgan fingerprint density at radius 2 is 1.11 bits per heavy atom. The molecule has 8 rings (SSSR count). The third kappa shape index (κ3) is 14.2. The molecule has 0 radical (unpaired) electrons. The van der Waals surface area contributed by atoms with Crippen molar-refractivity contribution in [2.75, 3.05) is 10.6 Å². The van der Waals surface area contributed by atoms with Crippen molar-refractivity contribution < 1.29 is 18.6 Å². The van der Waals surface area contributed by atoms with Gasteiger partial charge in [-0.05, 0) is 72.7 Å². The van der Waals surface area contributed by atoms with E-state index in [1.54, 1.807) is 21.8 Å². The lowest BCUT2D eigenvalue weighted by Crippen LogP contribution is -2.13. The maximum Gasteiger partial charge on any atom is 0.293 e. The summed E-state index contributed by atoms with van der Waals surface area (Å²) < 4.78 is 13.5. The minimum absolute atomic E-state index is 0. The van der Waals surface area contributed by atoms with Crippen LogP contribution >= 0.6 is 47.2 Å². The number of nitrogens with two attached hydrogens (primary N) is 1. The van der Waals surface area contributed by atoms with Gasteiger partial charge in [0.15, 0.2) is 11.6 Å². The largest absolute Gasteiger partial charge is 0.338 e. The minimum atomic E-state index is -0.700. The van der Waals surface area contributed by atoms with Crippen LogP contribution < -0.4 is 16.4 Å². The number of hydrogen-bond donors (Lipinski definition) is 3. The van der Waals surface area contributed by atoms with Gasteiger partial charge >= 0.3 is 0 Å². The van der Waals surface area contributed by atoms with E-state index < -0.39 is 5.24 Å². The predicted octanol–water partition coefficient (Wildman–Crippen LogP) is 10.2. The van der Waals surface area contributed by atoms with E-state index in [-0.39, 0.29) is 59.0 Å². The standard InChI is InChI=1S/C24H27ClN8O2.C16H18ClN7.C7H9ClN2O2.ClH/c1-13(9-18(34)21-30-22(35-32-21)24(3,4)5)16-7-8-17(19(25)14(16)2)20-26-12-27-23(31-20)29-15-10-28-33(6)11-15;1-9-12(10(2)18)4-5-13(14(9)17)15-19-8-20-16(23-15)22-11-6-21-24(3)7-11;1-7(2,3)6-9-5(4(8)11)10-12-6;/h7-8,10-13H,9H2,1-6H3,(H,26,27,29,31);4-8,10H,18H2,1-3H3,(H,19,20,22,23);1-3H3;1H/t13-;10-;;/m01../s1. The smallest absolute Gasteiger partial charge is 0.293 e. The second kappa shape index (κ2) is 23.6. The third-order valence-electron chi connectivity index (χ3n) is 10.5. The van der Waals surface area contributed by atoms with E-state index in [0.29, 0.717) is 50.9 Å². The van der Waals surface area contributed by atoms with Crippen LogP contribution in [0.5, 0.6) is 0 Å². The molecule has 0 fully saturated rings. The van der Waals surface area contributed by atoms with Crippen LogP contribution in [-0.2, 0) is 24.9 Å². The topological polar surface area (TPSA) is 275 Å². The molecular formula is C47H55Cl4N17O4. The number of carbonyl (C=O) groups excluding carboxylic acids is 2. The molecule has 0 saturated heterocycles. The summed E-state index contributed by atoms with van der Waals surface area (Å²) in [7, 11) is 3.67.